The van der Waals surface area contributed by atoms with Crippen molar-refractivity contribution >= 4 is 33.6 Å². The van der Waals surface area contributed by atoms with E-state index in [-0.39, 0.29) is 17.5 Å². The number of carbonyl (C=O) groups is 1. The highest BCUT2D eigenvalue weighted by molar-refractivity contribution is 9.10. The number of nitrogens with zero attached hydrogens (tertiary/aromatic N) is 3. The number of imidazole rings is 1. The third-order valence-corrected chi connectivity index (χ3v) is 4.56. The second-order valence-electron chi connectivity index (χ2n) is 5.74. The van der Waals surface area contributed by atoms with Gasteiger partial charge in [0.05, 0.1) is 11.9 Å². The maximum atomic E-state index is 12.3. The van der Waals surface area contributed by atoms with E-state index in [1.807, 2.05) is 28.8 Å². The molecule has 2 aromatic heterocycles. The lowest BCUT2D eigenvalue weighted by Crippen LogP contribution is -2.36. The van der Waals surface area contributed by atoms with Crippen molar-refractivity contribution < 1.29 is 4.79 Å². The van der Waals surface area contributed by atoms with Crippen LogP contribution in [0, 0.1) is 11.3 Å². The Morgan fingerprint density at radius 2 is 2.17 bits per heavy atom. The fourth-order valence-corrected chi connectivity index (χ4v) is 3.22. The molecule has 0 bridgehead atoms. The SMILES string of the molecule is N#CC(=Cc1cnc2ccc(Br)cn12)C(=O)NC1CCCCC1. The van der Waals surface area contributed by atoms with Gasteiger partial charge in [-0.3, -0.25) is 9.20 Å². The number of aromatic nitrogens is 2. The Kier molecular flexibility index (Phi) is 4.77. The van der Waals surface area contributed by atoms with Gasteiger partial charge in [-0.1, -0.05) is 19.3 Å². The van der Waals surface area contributed by atoms with Crippen molar-refractivity contribution in [3.05, 3.63) is 40.3 Å². The highest BCUT2D eigenvalue weighted by atomic mass is 79.9. The summed E-state index contributed by atoms with van der Waals surface area (Å²) in [6.45, 7) is 0. The summed E-state index contributed by atoms with van der Waals surface area (Å²) in [5, 5.41) is 12.3. The van der Waals surface area contributed by atoms with Crippen molar-refractivity contribution in [1.29, 1.82) is 5.26 Å². The first-order valence-electron chi connectivity index (χ1n) is 7.72. The monoisotopic (exact) mass is 372 g/mol. The summed E-state index contributed by atoms with van der Waals surface area (Å²) in [5.41, 5.74) is 1.58. The predicted molar refractivity (Wildman–Crippen MR) is 91.5 cm³/mol. The molecule has 0 aromatic carbocycles. The van der Waals surface area contributed by atoms with Crippen LogP contribution in [0.2, 0.25) is 0 Å². The number of pyridine rings is 1. The first-order chi connectivity index (χ1) is 11.2. The van der Waals surface area contributed by atoms with Crippen LogP contribution in [0.1, 0.15) is 37.8 Å². The van der Waals surface area contributed by atoms with Gasteiger partial charge < -0.3 is 5.32 Å². The van der Waals surface area contributed by atoms with Gasteiger partial charge in [0.1, 0.15) is 17.3 Å². The summed E-state index contributed by atoms with van der Waals surface area (Å²) < 4.78 is 2.75. The van der Waals surface area contributed by atoms with E-state index in [0.717, 1.165) is 35.8 Å². The molecule has 2 aromatic rings. The number of hydrogen-bond donors (Lipinski definition) is 1. The van der Waals surface area contributed by atoms with Gasteiger partial charge in [-0.15, -0.1) is 0 Å². The number of nitrogens with one attached hydrogen (secondary N) is 1. The van der Waals surface area contributed by atoms with Gasteiger partial charge >= 0.3 is 0 Å². The molecule has 1 aliphatic rings. The Labute approximate surface area is 143 Å². The molecule has 2 heterocycles. The Morgan fingerprint density at radius 1 is 1.39 bits per heavy atom. The number of fused-ring (bicyclic) bond motifs is 1. The first kappa shape index (κ1) is 15.8. The molecule has 0 spiro atoms. The normalized spacial score (nSPS) is 16.3. The second-order valence-corrected chi connectivity index (χ2v) is 6.65. The molecule has 0 aliphatic heterocycles. The number of hydrogen-bond acceptors (Lipinski definition) is 3. The number of halogens is 1. The topological polar surface area (TPSA) is 70.2 Å². The lowest BCUT2D eigenvalue weighted by molar-refractivity contribution is -0.117. The van der Waals surface area contributed by atoms with E-state index in [4.69, 9.17) is 0 Å². The first-order valence-corrected chi connectivity index (χ1v) is 8.52. The average Bonchev–Trinajstić information content (AvgIpc) is 2.95. The van der Waals surface area contributed by atoms with Crippen LogP contribution >= 0.6 is 15.9 Å². The molecule has 23 heavy (non-hydrogen) atoms. The van der Waals surface area contributed by atoms with Crippen LogP contribution in [0.3, 0.4) is 0 Å². The van der Waals surface area contributed by atoms with Gasteiger partial charge in [0, 0.05) is 16.7 Å². The summed E-state index contributed by atoms with van der Waals surface area (Å²) >= 11 is 3.42. The minimum atomic E-state index is -0.302. The lowest BCUT2D eigenvalue weighted by atomic mass is 9.95. The molecule has 0 unspecified atom stereocenters. The van der Waals surface area contributed by atoms with Gasteiger partial charge in [-0.05, 0) is 47.0 Å². The van der Waals surface area contributed by atoms with Crippen molar-refractivity contribution in [3.63, 3.8) is 0 Å². The van der Waals surface area contributed by atoms with Crippen LogP contribution in [0.15, 0.2) is 34.6 Å². The third-order valence-electron chi connectivity index (χ3n) is 4.10. The fourth-order valence-electron chi connectivity index (χ4n) is 2.89. The minimum absolute atomic E-state index is 0.109. The number of carbonyl (C=O) groups excluding carboxylic acids is 1. The number of nitriles is 1. The van der Waals surface area contributed by atoms with Crippen molar-refractivity contribution in [2.45, 2.75) is 38.1 Å². The molecule has 0 saturated heterocycles. The zero-order valence-electron chi connectivity index (χ0n) is 12.6. The summed E-state index contributed by atoms with van der Waals surface area (Å²) in [6, 6.07) is 5.96. The highest BCUT2D eigenvalue weighted by Crippen LogP contribution is 2.19. The second kappa shape index (κ2) is 6.97. The molecule has 1 amide bonds. The Morgan fingerprint density at radius 3 is 2.91 bits per heavy atom. The highest BCUT2D eigenvalue weighted by Gasteiger charge is 2.18. The standard InChI is InChI=1S/C17H17BrN4O/c18-13-6-7-16-20-10-15(22(16)11-13)8-12(9-19)17(23)21-14-4-2-1-3-5-14/h6-8,10-11,14H,1-5H2,(H,21,23). The van der Waals surface area contributed by atoms with E-state index in [0.29, 0.717) is 5.69 Å². The fraction of sp³-hybridized carbons (Fsp3) is 0.353. The summed E-state index contributed by atoms with van der Waals surface area (Å²) in [4.78, 5) is 16.6. The Balaban J connectivity index is 1.83. The minimum Gasteiger partial charge on any atom is -0.349 e. The average molecular weight is 373 g/mol. The summed E-state index contributed by atoms with van der Waals surface area (Å²) in [7, 11) is 0. The third kappa shape index (κ3) is 3.62. The predicted octanol–water partition coefficient (Wildman–Crippen LogP) is 3.45. The van der Waals surface area contributed by atoms with E-state index < -0.39 is 0 Å². The van der Waals surface area contributed by atoms with Crippen LogP contribution in [0.5, 0.6) is 0 Å². The van der Waals surface area contributed by atoms with Gasteiger partial charge in [0.2, 0.25) is 0 Å². The van der Waals surface area contributed by atoms with E-state index in [1.165, 1.54) is 6.42 Å². The van der Waals surface area contributed by atoms with Crippen LogP contribution < -0.4 is 5.32 Å². The van der Waals surface area contributed by atoms with Gasteiger partial charge in [0.15, 0.2) is 0 Å². The van der Waals surface area contributed by atoms with E-state index >= 15 is 0 Å². The maximum absolute atomic E-state index is 12.3. The molecule has 3 rings (SSSR count). The Bertz CT molecular complexity index is 797. The molecule has 1 N–H and O–H groups in total. The number of rotatable bonds is 3. The molecule has 1 fully saturated rings. The maximum Gasteiger partial charge on any atom is 0.262 e. The van der Waals surface area contributed by atoms with E-state index in [2.05, 4.69) is 26.2 Å². The smallest absolute Gasteiger partial charge is 0.262 e. The van der Waals surface area contributed by atoms with Crippen LogP contribution in [-0.4, -0.2) is 21.3 Å². The van der Waals surface area contributed by atoms with Crippen LogP contribution in [0.4, 0.5) is 0 Å². The molecule has 0 radical (unpaired) electrons. The van der Waals surface area contributed by atoms with Gasteiger partial charge in [-0.2, -0.15) is 5.26 Å². The Hall–Kier alpha value is -2.13. The van der Waals surface area contributed by atoms with Crippen LogP contribution in [0.25, 0.3) is 11.7 Å². The van der Waals surface area contributed by atoms with Crippen molar-refractivity contribution in [1.82, 2.24) is 14.7 Å². The molecule has 1 saturated carbocycles. The molecule has 1 aliphatic carbocycles. The number of amides is 1. The van der Waals surface area contributed by atoms with Crippen molar-refractivity contribution in [2.24, 2.45) is 0 Å². The molecular weight excluding hydrogens is 356 g/mol. The molecule has 6 heteroatoms. The van der Waals surface area contributed by atoms with E-state index in [1.54, 1.807) is 12.3 Å². The van der Waals surface area contributed by atoms with Gasteiger partial charge in [-0.25, -0.2) is 4.98 Å². The van der Waals surface area contributed by atoms with E-state index in [9.17, 15) is 10.1 Å². The quantitative estimate of drug-likeness (QED) is 0.662. The summed E-state index contributed by atoms with van der Waals surface area (Å²) in [6.07, 6.45) is 10.6. The van der Waals surface area contributed by atoms with Gasteiger partial charge in [0.25, 0.3) is 5.91 Å². The summed E-state index contributed by atoms with van der Waals surface area (Å²) in [5.74, 6) is -0.302. The molecule has 0 atom stereocenters. The zero-order chi connectivity index (χ0) is 16.2. The van der Waals surface area contributed by atoms with Crippen molar-refractivity contribution in [2.75, 3.05) is 0 Å². The molecular formula is C17H17BrN4O. The lowest BCUT2D eigenvalue weighted by Gasteiger charge is -2.22. The zero-order valence-corrected chi connectivity index (χ0v) is 14.2. The van der Waals surface area contributed by atoms with Crippen LogP contribution in [-0.2, 0) is 4.79 Å². The molecule has 5 nitrogen and oxygen atoms in total. The molecule has 118 valence electrons. The largest absolute Gasteiger partial charge is 0.349 e. The van der Waals surface area contributed by atoms with Crippen molar-refractivity contribution in [3.8, 4) is 6.07 Å².